The largest absolute Gasteiger partial charge is 0.346 e. The summed E-state index contributed by atoms with van der Waals surface area (Å²) in [7, 11) is 0. The van der Waals surface area contributed by atoms with Crippen LogP contribution in [0.1, 0.15) is 48.7 Å². The maximum atomic E-state index is 13.6. The monoisotopic (exact) mass is 377 g/mol. The van der Waals surface area contributed by atoms with Crippen LogP contribution < -0.4 is 10.2 Å². The van der Waals surface area contributed by atoms with Gasteiger partial charge in [-0.15, -0.1) is 0 Å². The molecule has 3 amide bonds. The van der Waals surface area contributed by atoms with E-state index >= 15 is 0 Å². The van der Waals surface area contributed by atoms with E-state index in [1.807, 2.05) is 44.2 Å². The minimum absolute atomic E-state index is 0.138. The molecule has 0 spiro atoms. The molecule has 0 radical (unpaired) electrons. The quantitative estimate of drug-likeness (QED) is 0.891. The maximum absolute atomic E-state index is 13.6. The molecule has 2 heterocycles. The summed E-state index contributed by atoms with van der Waals surface area (Å²) in [6.45, 7) is 4.08. The molecule has 6 nitrogen and oxygen atoms in total. The van der Waals surface area contributed by atoms with Gasteiger partial charge in [0.2, 0.25) is 11.6 Å². The number of benzene rings is 2. The molecule has 2 aliphatic rings. The van der Waals surface area contributed by atoms with Crippen molar-refractivity contribution in [3.8, 4) is 0 Å². The number of hydrogen-bond donors (Lipinski definition) is 1. The number of para-hydroxylation sites is 1. The zero-order chi connectivity index (χ0) is 19.9. The van der Waals surface area contributed by atoms with E-state index in [0.29, 0.717) is 17.8 Å². The molecular weight excluding hydrogens is 354 g/mol. The van der Waals surface area contributed by atoms with E-state index in [9.17, 15) is 14.4 Å². The van der Waals surface area contributed by atoms with E-state index in [1.165, 1.54) is 9.80 Å². The average molecular weight is 377 g/mol. The van der Waals surface area contributed by atoms with Crippen molar-refractivity contribution in [2.24, 2.45) is 0 Å². The molecule has 0 unspecified atom stereocenters. The van der Waals surface area contributed by atoms with Gasteiger partial charge in [0.05, 0.1) is 17.3 Å². The lowest BCUT2D eigenvalue weighted by molar-refractivity contribution is -0.134. The van der Waals surface area contributed by atoms with Crippen LogP contribution in [0, 0.1) is 0 Å². The van der Waals surface area contributed by atoms with Crippen LogP contribution in [0.2, 0.25) is 0 Å². The van der Waals surface area contributed by atoms with Crippen LogP contribution in [0.25, 0.3) is 0 Å². The fraction of sp³-hybridized carbons (Fsp3) is 0.318. The number of likely N-dealkylation sites (N-methyl/N-ethyl adjacent to an activating group) is 1. The predicted molar refractivity (Wildman–Crippen MR) is 106 cm³/mol. The Morgan fingerprint density at radius 2 is 1.79 bits per heavy atom. The SMILES string of the molecule is CCN1C(=O)c2ccccc2N2C(=O)CC[C@@]12C(=O)N[C@H](C)c1ccccc1. The molecule has 4 rings (SSSR count). The van der Waals surface area contributed by atoms with Gasteiger partial charge in [0.1, 0.15) is 0 Å². The predicted octanol–water partition coefficient (Wildman–Crippen LogP) is 2.86. The molecular formula is C22H23N3O3. The fourth-order valence-corrected chi connectivity index (χ4v) is 4.34. The smallest absolute Gasteiger partial charge is 0.267 e. The van der Waals surface area contributed by atoms with Crippen LogP contribution >= 0.6 is 0 Å². The van der Waals surface area contributed by atoms with Crippen molar-refractivity contribution in [3.05, 3.63) is 65.7 Å². The lowest BCUT2D eigenvalue weighted by Gasteiger charge is -2.49. The molecule has 144 valence electrons. The third-order valence-corrected chi connectivity index (χ3v) is 5.70. The molecule has 6 heteroatoms. The Morgan fingerprint density at radius 3 is 2.50 bits per heavy atom. The van der Waals surface area contributed by atoms with Gasteiger partial charge in [0.15, 0.2) is 0 Å². The van der Waals surface area contributed by atoms with Crippen molar-refractivity contribution < 1.29 is 14.4 Å². The minimum atomic E-state index is -1.32. The van der Waals surface area contributed by atoms with Gasteiger partial charge in [0.25, 0.3) is 11.8 Å². The molecule has 2 atom stereocenters. The summed E-state index contributed by atoms with van der Waals surface area (Å²) in [5.74, 6) is -0.674. The average Bonchev–Trinajstić information content (AvgIpc) is 3.07. The first-order valence-corrected chi connectivity index (χ1v) is 9.60. The highest BCUT2D eigenvalue weighted by Crippen LogP contribution is 2.44. The van der Waals surface area contributed by atoms with Crippen molar-refractivity contribution in [2.45, 2.75) is 38.4 Å². The standard InChI is InChI=1S/C22H23N3O3/c1-3-24-20(27)17-11-7-8-12-18(17)25-19(26)13-14-22(24,25)21(28)23-15(2)16-9-5-4-6-10-16/h4-12,15H,3,13-14H2,1-2H3,(H,23,28)/t15-,22-/m1/s1. The molecule has 2 aromatic rings. The normalized spacial score (nSPS) is 21.9. The Kier molecular flexibility index (Phi) is 4.41. The third kappa shape index (κ3) is 2.52. The van der Waals surface area contributed by atoms with Gasteiger partial charge < -0.3 is 10.2 Å². The van der Waals surface area contributed by atoms with Crippen LogP contribution in [0.5, 0.6) is 0 Å². The molecule has 1 N–H and O–H groups in total. The highest BCUT2D eigenvalue weighted by Gasteiger charge is 2.60. The highest BCUT2D eigenvalue weighted by molar-refractivity contribution is 6.16. The van der Waals surface area contributed by atoms with E-state index in [2.05, 4.69) is 5.32 Å². The Morgan fingerprint density at radius 1 is 1.11 bits per heavy atom. The van der Waals surface area contributed by atoms with Crippen LogP contribution in [0.15, 0.2) is 54.6 Å². The summed E-state index contributed by atoms with van der Waals surface area (Å²) >= 11 is 0. The first-order valence-electron chi connectivity index (χ1n) is 9.60. The molecule has 28 heavy (non-hydrogen) atoms. The van der Waals surface area contributed by atoms with E-state index in [0.717, 1.165) is 5.56 Å². The van der Waals surface area contributed by atoms with Gasteiger partial charge >= 0.3 is 0 Å². The van der Waals surface area contributed by atoms with Gasteiger partial charge in [-0.2, -0.15) is 0 Å². The van der Waals surface area contributed by atoms with Crippen molar-refractivity contribution in [1.29, 1.82) is 0 Å². The number of amides is 3. The zero-order valence-corrected chi connectivity index (χ0v) is 16.0. The number of fused-ring (bicyclic) bond motifs is 3. The maximum Gasteiger partial charge on any atom is 0.267 e. The second-order valence-corrected chi connectivity index (χ2v) is 7.22. The second-order valence-electron chi connectivity index (χ2n) is 7.22. The van der Waals surface area contributed by atoms with E-state index in [-0.39, 0.29) is 36.6 Å². The van der Waals surface area contributed by atoms with Crippen LogP contribution in [0.4, 0.5) is 5.69 Å². The van der Waals surface area contributed by atoms with Crippen LogP contribution in [0.3, 0.4) is 0 Å². The molecule has 2 aliphatic heterocycles. The molecule has 0 saturated carbocycles. The van der Waals surface area contributed by atoms with Crippen LogP contribution in [-0.2, 0) is 9.59 Å². The topological polar surface area (TPSA) is 69.7 Å². The Balaban J connectivity index is 1.77. The Bertz CT molecular complexity index is 943. The number of anilines is 1. The van der Waals surface area contributed by atoms with Crippen molar-refractivity contribution >= 4 is 23.4 Å². The first-order chi connectivity index (χ1) is 13.5. The number of rotatable bonds is 4. The third-order valence-electron chi connectivity index (χ3n) is 5.70. The summed E-state index contributed by atoms with van der Waals surface area (Å²) < 4.78 is 0. The summed E-state index contributed by atoms with van der Waals surface area (Å²) in [4.78, 5) is 42.6. The van der Waals surface area contributed by atoms with E-state index < -0.39 is 5.66 Å². The number of hydrogen-bond acceptors (Lipinski definition) is 3. The number of carbonyl (C=O) groups excluding carboxylic acids is 3. The van der Waals surface area contributed by atoms with E-state index in [4.69, 9.17) is 0 Å². The summed E-state index contributed by atoms with van der Waals surface area (Å²) in [5, 5.41) is 3.04. The highest BCUT2D eigenvalue weighted by atomic mass is 16.2. The second kappa shape index (κ2) is 6.78. The zero-order valence-electron chi connectivity index (χ0n) is 16.0. The summed E-state index contributed by atoms with van der Waals surface area (Å²) in [6, 6.07) is 16.4. The fourth-order valence-electron chi connectivity index (χ4n) is 4.34. The lowest BCUT2D eigenvalue weighted by atomic mass is 9.95. The number of nitrogens with zero attached hydrogens (tertiary/aromatic N) is 2. The van der Waals surface area contributed by atoms with Crippen molar-refractivity contribution in [2.75, 3.05) is 11.4 Å². The van der Waals surface area contributed by atoms with E-state index in [1.54, 1.807) is 24.3 Å². The van der Waals surface area contributed by atoms with Gasteiger partial charge in [-0.3, -0.25) is 19.3 Å². The molecule has 1 saturated heterocycles. The first kappa shape index (κ1) is 18.2. The van der Waals surface area contributed by atoms with Gasteiger partial charge in [-0.1, -0.05) is 42.5 Å². The van der Waals surface area contributed by atoms with Gasteiger partial charge in [0, 0.05) is 19.4 Å². The summed E-state index contributed by atoms with van der Waals surface area (Å²) in [5.41, 5.74) is 0.621. The van der Waals surface area contributed by atoms with Gasteiger partial charge in [-0.05, 0) is 31.5 Å². The van der Waals surface area contributed by atoms with Crippen molar-refractivity contribution in [3.63, 3.8) is 0 Å². The Hall–Kier alpha value is -3.15. The lowest BCUT2D eigenvalue weighted by Crippen LogP contribution is -2.70. The molecule has 2 aromatic carbocycles. The minimum Gasteiger partial charge on any atom is -0.346 e. The molecule has 0 aromatic heterocycles. The molecule has 1 fully saturated rings. The molecule has 0 aliphatic carbocycles. The molecule has 0 bridgehead atoms. The number of carbonyl (C=O) groups is 3. The van der Waals surface area contributed by atoms with Gasteiger partial charge in [-0.25, -0.2) is 0 Å². The van der Waals surface area contributed by atoms with Crippen LogP contribution in [-0.4, -0.2) is 34.8 Å². The van der Waals surface area contributed by atoms with Crippen molar-refractivity contribution in [1.82, 2.24) is 10.2 Å². The summed E-state index contributed by atoms with van der Waals surface area (Å²) in [6.07, 6.45) is 0.512. The Labute approximate surface area is 164 Å². The number of nitrogens with one attached hydrogen (secondary N) is 1.